The molecule has 2 rings (SSSR count). The summed E-state index contributed by atoms with van der Waals surface area (Å²) in [5, 5.41) is 0.466. The Morgan fingerprint density at radius 2 is 2.15 bits per heavy atom. The Morgan fingerprint density at radius 1 is 1.31 bits per heavy atom. The van der Waals surface area contributed by atoms with E-state index in [2.05, 4.69) is 11.9 Å². The van der Waals surface area contributed by atoms with Crippen LogP contribution in [-0.4, -0.2) is 21.5 Å². The number of hydrogen-bond donors (Lipinski definition) is 0. The number of halogens is 2. The molecule has 1 atom stereocenters. The van der Waals surface area contributed by atoms with E-state index in [4.69, 9.17) is 32.1 Å². The average molecular weight is 417 g/mol. The number of rotatable bonds is 10. The molecule has 142 valence electrons. The molecule has 1 unspecified atom stereocenters. The monoisotopic (exact) mass is 416 g/mol. The van der Waals surface area contributed by atoms with E-state index in [1.54, 1.807) is 36.9 Å². The molecule has 0 aliphatic carbocycles. The van der Waals surface area contributed by atoms with Gasteiger partial charge in [0.25, 0.3) is 0 Å². The van der Waals surface area contributed by atoms with Crippen molar-refractivity contribution in [2.45, 2.75) is 45.3 Å². The summed E-state index contributed by atoms with van der Waals surface area (Å²) in [5.41, 5.74) is 0.682. The van der Waals surface area contributed by atoms with Crippen molar-refractivity contribution >= 4 is 40.5 Å². The van der Waals surface area contributed by atoms with Crippen molar-refractivity contribution in [1.82, 2.24) is 9.55 Å². The second-order valence-corrected chi connectivity index (χ2v) is 7.33. The minimum absolute atomic E-state index is 0.393. The van der Waals surface area contributed by atoms with Gasteiger partial charge in [0.1, 0.15) is 18.1 Å². The Balaban J connectivity index is 1.94. The van der Waals surface area contributed by atoms with E-state index in [1.165, 1.54) is 6.42 Å². The maximum absolute atomic E-state index is 12.1. The maximum atomic E-state index is 12.1. The van der Waals surface area contributed by atoms with Gasteiger partial charge in [-0.2, -0.15) is 0 Å². The first-order valence-electron chi connectivity index (χ1n) is 8.51. The normalized spacial score (nSPS) is 12.1. The van der Waals surface area contributed by atoms with E-state index in [0.717, 1.165) is 31.3 Å². The summed E-state index contributed by atoms with van der Waals surface area (Å²) in [5.74, 6) is 0. The van der Waals surface area contributed by atoms with E-state index < -0.39 is 11.4 Å². The van der Waals surface area contributed by atoms with Gasteiger partial charge in [0.2, 0.25) is 0 Å². The summed E-state index contributed by atoms with van der Waals surface area (Å²) in [6.45, 7) is 3.06. The summed E-state index contributed by atoms with van der Waals surface area (Å²) in [6, 6.07) is 5.11. The Bertz CT molecular complexity index is 683. The van der Waals surface area contributed by atoms with Gasteiger partial charge in [0.15, 0.2) is 0 Å². The zero-order chi connectivity index (χ0) is 18.8. The molecule has 0 aliphatic heterocycles. The third-order valence-corrected chi connectivity index (χ3v) is 4.77. The van der Waals surface area contributed by atoms with Crippen LogP contribution in [0.25, 0.3) is 0 Å². The van der Waals surface area contributed by atoms with E-state index in [0.29, 0.717) is 28.8 Å². The van der Waals surface area contributed by atoms with Crippen LogP contribution in [0.5, 0.6) is 0 Å². The Hall–Kier alpha value is -1.21. The van der Waals surface area contributed by atoms with Gasteiger partial charge < -0.3 is 13.5 Å². The van der Waals surface area contributed by atoms with Gasteiger partial charge in [-0.15, -0.1) is 0 Å². The average Bonchev–Trinajstić information content (AvgIpc) is 3.10. The van der Waals surface area contributed by atoms with Crippen molar-refractivity contribution in [1.29, 1.82) is 0 Å². The van der Waals surface area contributed by atoms with Crippen molar-refractivity contribution < 1.29 is 13.7 Å². The summed E-state index contributed by atoms with van der Waals surface area (Å²) >= 11 is 13.0. The molecule has 2 aromatic rings. The van der Waals surface area contributed by atoms with Crippen molar-refractivity contribution in [3.8, 4) is 0 Å². The maximum Gasteiger partial charge on any atom is 0.395 e. The highest BCUT2D eigenvalue weighted by atomic mass is 35.5. The molecule has 0 N–H and O–H groups in total. The lowest BCUT2D eigenvalue weighted by atomic mass is 10.1. The van der Waals surface area contributed by atoms with Crippen LogP contribution in [0.1, 0.15) is 44.3 Å². The van der Waals surface area contributed by atoms with Crippen molar-refractivity contribution in [2.75, 3.05) is 6.61 Å². The predicted molar refractivity (Wildman–Crippen MR) is 106 cm³/mol. The SMILES string of the molecule is CCCCCCOSC(=O)OC(Cn1ccnc1)c1ccc(Cl)cc1Cl. The second kappa shape index (κ2) is 11.5. The number of nitrogens with zero attached hydrogens (tertiary/aromatic N) is 2. The standard InChI is InChI=1S/C18H22Cl2N2O3S/c1-2-3-4-5-10-24-26-18(23)25-17(12-22-9-8-21-13-22)15-7-6-14(19)11-16(15)20/h6-9,11,13,17H,2-5,10,12H2,1H3. The Labute approximate surface area is 168 Å². The molecule has 0 aliphatic rings. The Kier molecular flexibility index (Phi) is 9.32. The first-order valence-corrected chi connectivity index (χ1v) is 10.0. The predicted octanol–water partition coefficient (Wildman–Crippen LogP) is 6.31. The van der Waals surface area contributed by atoms with Gasteiger partial charge in [-0.3, -0.25) is 0 Å². The zero-order valence-electron chi connectivity index (χ0n) is 14.6. The molecule has 0 radical (unpaired) electrons. The molecule has 8 heteroatoms. The molecule has 1 heterocycles. The molecule has 1 aromatic carbocycles. The van der Waals surface area contributed by atoms with E-state index in [9.17, 15) is 4.79 Å². The summed E-state index contributed by atoms with van der Waals surface area (Å²) in [4.78, 5) is 16.2. The van der Waals surface area contributed by atoms with Crippen molar-refractivity contribution in [3.05, 3.63) is 52.5 Å². The lowest BCUT2D eigenvalue weighted by Crippen LogP contribution is -2.15. The zero-order valence-corrected chi connectivity index (χ0v) is 16.9. The summed E-state index contributed by atoms with van der Waals surface area (Å²) in [6.07, 6.45) is 8.89. The van der Waals surface area contributed by atoms with Gasteiger partial charge in [-0.1, -0.05) is 55.5 Å². The number of unbranched alkanes of at least 4 members (excludes halogenated alkanes) is 3. The van der Waals surface area contributed by atoms with Gasteiger partial charge in [0, 0.05) is 28.0 Å². The third kappa shape index (κ3) is 7.19. The first-order chi connectivity index (χ1) is 12.6. The number of hydrogen-bond acceptors (Lipinski definition) is 5. The summed E-state index contributed by atoms with van der Waals surface area (Å²) in [7, 11) is 0. The summed E-state index contributed by atoms with van der Waals surface area (Å²) < 4.78 is 12.7. The van der Waals surface area contributed by atoms with Crippen LogP contribution >= 0.6 is 35.2 Å². The second-order valence-electron chi connectivity index (χ2n) is 5.75. The molecule has 0 fully saturated rings. The van der Waals surface area contributed by atoms with Crippen LogP contribution in [0.4, 0.5) is 4.79 Å². The largest absolute Gasteiger partial charge is 0.446 e. The van der Waals surface area contributed by atoms with Crippen LogP contribution < -0.4 is 0 Å². The van der Waals surface area contributed by atoms with Crippen LogP contribution in [0.3, 0.4) is 0 Å². The first kappa shape index (κ1) is 21.1. The van der Waals surface area contributed by atoms with Crippen LogP contribution in [0, 0.1) is 0 Å². The van der Waals surface area contributed by atoms with E-state index in [-0.39, 0.29) is 0 Å². The van der Waals surface area contributed by atoms with Crippen LogP contribution in [-0.2, 0) is 15.5 Å². The van der Waals surface area contributed by atoms with Crippen LogP contribution in [0.2, 0.25) is 10.0 Å². The minimum atomic E-state index is -0.572. The molecular weight excluding hydrogens is 395 g/mol. The number of benzene rings is 1. The topological polar surface area (TPSA) is 53.4 Å². The minimum Gasteiger partial charge on any atom is -0.446 e. The molecule has 0 saturated heterocycles. The highest BCUT2D eigenvalue weighted by molar-refractivity contribution is 8.09. The third-order valence-electron chi connectivity index (χ3n) is 3.69. The molecule has 0 bridgehead atoms. The fourth-order valence-electron chi connectivity index (χ4n) is 2.36. The molecular formula is C18H22Cl2N2O3S. The van der Waals surface area contributed by atoms with Gasteiger partial charge in [-0.05, 0) is 18.6 Å². The molecule has 26 heavy (non-hydrogen) atoms. The lowest BCUT2D eigenvalue weighted by molar-refractivity contribution is 0.109. The molecule has 0 spiro atoms. The van der Waals surface area contributed by atoms with Crippen molar-refractivity contribution in [2.24, 2.45) is 0 Å². The highest BCUT2D eigenvalue weighted by Crippen LogP contribution is 2.31. The fraction of sp³-hybridized carbons (Fsp3) is 0.444. The van der Waals surface area contributed by atoms with Crippen molar-refractivity contribution in [3.63, 3.8) is 0 Å². The van der Waals surface area contributed by atoms with Crippen LogP contribution in [0.15, 0.2) is 36.9 Å². The van der Waals surface area contributed by atoms with E-state index in [1.807, 2.05) is 4.57 Å². The molecule has 1 aromatic heterocycles. The van der Waals surface area contributed by atoms with Gasteiger partial charge >= 0.3 is 5.30 Å². The lowest BCUT2D eigenvalue weighted by Gasteiger charge is -2.19. The smallest absolute Gasteiger partial charge is 0.395 e. The number of aromatic nitrogens is 2. The van der Waals surface area contributed by atoms with Gasteiger partial charge in [0.05, 0.1) is 19.5 Å². The number of imidazole rings is 1. The fourth-order valence-corrected chi connectivity index (χ4v) is 3.34. The Morgan fingerprint density at radius 3 is 2.85 bits per heavy atom. The highest BCUT2D eigenvalue weighted by Gasteiger charge is 2.21. The quantitative estimate of drug-likeness (QED) is 0.258. The number of carbonyl (C=O) groups excluding carboxylic acids is 1. The molecule has 0 saturated carbocycles. The van der Waals surface area contributed by atoms with Gasteiger partial charge in [-0.25, -0.2) is 9.78 Å². The number of ether oxygens (including phenoxy) is 1. The number of carbonyl (C=O) groups is 1. The molecule has 0 amide bonds. The van der Waals surface area contributed by atoms with E-state index >= 15 is 0 Å². The molecule has 5 nitrogen and oxygen atoms in total.